The minimum atomic E-state index is -0.667. The smallest absolute Gasteiger partial charge is 0.306 e. The zero-order valence-electron chi connectivity index (χ0n) is 14.1. The van der Waals surface area contributed by atoms with Crippen LogP contribution < -0.4 is 5.32 Å². The van der Waals surface area contributed by atoms with Gasteiger partial charge in [-0.2, -0.15) is 0 Å². The number of amides is 1. The molecule has 0 aliphatic carbocycles. The second kappa shape index (κ2) is 8.09. The van der Waals surface area contributed by atoms with E-state index in [-0.39, 0.29) is 24.2 Å². The lowest BCUT2D eigenvalue weighted by molar-refractivity contribution is -0.383. The van der Waals surface area contributed by atoms with Gasteiger partial charge >= 0.3 is 5.97 Å². The number of aryl methyl sites for hydroxylation is 1. The summed E-state index contributed by atoms with van der Waals surface area (Å²) in [5, 5.41) is 13.3. The quantitative estimate of drug-likeness (QED) is 0.386. The van der Waals surface area contributed by atoms with Gasteiger partial charge in [-0.3, -0.25) is 19.7 Å². The number of para-hydroxylation sites is 4. The van der Waals surface area contributed by atoms with Crippen LogP contribution in [0.1, 0.15) is 12.3 Å². The van der Waals surface area contributed by atoms with E-state index in [4.69, 9.17) is 9.15 Å². The summed E-state index contributed by atoms with van der Waals surface area (Å²) in [7, 11) is 0. The highest BCUT2D eigenvalue weighted by Crippen LogP contribution is 2.23. The summed E-state index contributed by atoms with van der Waals surface area (Å²) in [5.74, 6) is -0.869. The van der Waals surface area contributed by atoms with E-state index in [0.717, 1.165) is 0 Å². The third-order valence-electron chi connectivity index (χ3n) is 3.62. The fourth-order valence-electron chi connectivity index (χ4n) is 2.38. The number of hydrogen-bond donors (Lipinski definition) is 1. The first-order valence-corrected chi connectivity index (χ1v) is 8.06. The Bertz CT molecular complexity index is 964. The van der Waals surface area contributed by atoms with Crippen molar-refractivity contribution in [3.8, 4) is 0 Å². The number of esters is 1. The predicted octanol–water partition coefficient (Wildman–Crippen LogP) is 2.85. The molecule has 2 aromatic carbocycles. The third kappa shape index (κ3) is 4.66. The lowest BCUT2D eigenvalue weighted by Gasteiger charge is -2.06. The Kier molecular flexibility index (Phi) is 5.41. The fourth-order valence-corrected chi connectivity index (χ4v) is 2.38. The summed E-state index contributed by atoms with van der Waals surface area (Å²) < 4.78 is 10.4. The van der Waals surface area contributed by atoms with Crippen LogP contribution in [-0.2, 0) is 20.7 Å². The molecule has 0 saturated carbocycles. The Hall–Kier alpha value is -3.75. The molecular formula is C18H15N3O6. The predicted molar refractivity (Wildman–Crippen MR) is 95.0 cm³/mol. The van der Waals surface area contributed by atoms with Crippen molar-refractivity contribution >= 4 is 34.4 Å². The number of nitro benzene ring substituents is 1. The fraction of sp³-hybridized carbons (Fsp3) is 0.167. The standard InChI is InChI=1S/C18H15N3O6/c22-16(19-12-5-1-3-7-14(12)21(24)25)11-26-18(23)10-9-17-20-13-6-2-4-8-15(13)27-17/h1-8H,9-11H2,(H,19,22). The van der Waals surface area contributed by atoms with E-state index in [1.807, 2.05) is 12.1 Å². The number of rotatable bonds is 7. The number of anilines is 1. The highest BCUT2D eigenvalue weighted by Gasteiger charge is 2.16. The number of nitrogens with one attached hydrogen (secondary N) is 1. The number of fused-ring (bicyclic) bond motifs is 1. The molecule has 1 aromatic heterocycles. The first-order valence-electron chi connectivity index (χ1n) is 8.06. The van der Waals surface area contributed by atoms with Crippen LogP contribution in [0.25, 0.3) is 11.1 Å². The molecule has 0 aliphatic rings. The number of carbonyl (C=O) groups is 2. The maximum absolute atomic E-state index is 11.8. The Labute approximate surface area is 153 Å². The van der Waals surface area contributed by atoms with E-state index >= 15 is 0 Å². The van der Waals surface area contributed by atoms with Gasteiger partial charge in [0, 0.05) is 12.5 Å². The number of hydrogen-bond acceptors (Lipinski definition) is 7. The van der Waals surface area contributed by atoms with Gasteiger partial charge in [0.25, 0.3) is 11.6 Å². The molecule has 3 aromatic rings. The monoisotopic (exact) mass is 369 g/mol. The molecule has 1 N–H and O–H groups in total. The van der Waals surface area contributed by atoms with Crippen LogP contribution in [0.5, 0.6) is 0 Å². The van der Waals surface area contributed by atoms with Gasteiger partial charge in [0.05, 0.1) is 11.3 Å². The number of oxazole rings is 1. The zero-order chi connectivity index (χ0) is 19.2. The van der Waals surface area contributed by atoms with Crippen molar-refractivity contribution in [3.05, 3.63) is 64.5 Å². The second-order valence-corrected chi connectivity index (χ2v) is 5.56. The second-order valence-electron chi connectivity index (χ2n) is 5.56. The minimum absolute atomic E-state index is 0.00835. The van der Waals surface area contributed by atoms with E-state index in [9.17, 15) is 19.7 Å². The van der Waals surface area contributed by atoms with Crippen LogP contribution in [0.15, 0.2) is 52.9 Å². The Morgan fingerprint density at radius 3 is 2.67 bits per heavy atom. The Morgan fingerprint density at radius 1 is 1.15 bits per heavy atom. The van der Waals surface area contributed by atoms with Crippen LogP contribution in [0.3, 0.4) is 0 Å². The van der Waals surface area contributed by atoms with Crippen molar-refractivity contribution < 1.29 is 23.7 Å². The van der Waals surface area contributed by atoms with Crippen molar-refractivity contribution in [1.29, 1.82) is 0 Å². The van der Waals surface area contributed by atoms with Crippen LogP contribution in [0, 0.1) is 10.1 Å². The van der Waals surface area contributed by atoms with Crippen LogP contribution in [0.4, 0.5) is 11.4 Å². The first-order chi connectivity index (χ1) is 13.0. The van der Waals surface area contributed by atoms with Crippen molar-refractivity contribution in [1.82, 2.24) is 4.98 Å². The highest BCUT2D eigenvalue weighted by molar-refractivity contribution is 5.94. The van der Waals surface area contributed by atoms with Crippen LogP contribution in [-0.4, -0.2) is 28.4 Å². The molecule has 0 bridgehead atoms. The largest absolute Gasteiger partial charge is 0.456 e. The molecule has 1 heterocycles. The molecule has 138 valence electrons. The van der Waals surface area contributed by atoms with E-state index in [2.05, 4.69) is 10.3 Å². The maximum atomic E-state index is 11.8. The molecule has 0 atom stereocenters. The molecule has 0 radical (unpaired) electrons. The minimum Gasteiger partial charge on any atom is -0.456 e. The van der Waals surface area contributed by atoms with Crippen LogP contribution in [0.2, 0.25) is 0 Å². The molecule has 9 heteroatoms. The number of benzene rings is 2. The SMILES string of the molecule is O=C(COC(=O)CCc1nc2ccccc2o1)Nc1ccccc1[N+](=O)[O-]. The van der Waals surface area contributed by atoms with Gasteiger partial charge in [-0.05, 0) is 18.2 Å². The molecule has 3 rings (SSSR count). The van der Waals surface area contributed by atoms with Gasteiger partial charge < -0.3 is 14.5 Å². The topological polar surface area (TPSA) is 125 Å². The van der Waals surface area contributed by atoms with Gasteiger partial charge in [0.1, 0.15) is 11.2 Å². The number of aromatic nitrogens is 1. The first kappa shape index (κ1) is 18.1. The molecule has 0 fully saturated rings. The summed E-state index contributed by atoms with van der Waals surface area (Å²) in [6.45, 7) is -0.543. The molecule has 0 aliphatic heterocycles. The van der Waals surface area contributed by atoms with E-state index in [1.54, 1.807) is 18.2 Å². The van der Waals surface area contributed by atoms with Crippen molar-refractivity contribution in [2.75, 3.05) is 11.9 Å². The van der Waals surface area contributed by atoms with Gasteiger partial charge in [0.2, 0.25) is 0 Å². The number of ether oxygens (including phenoxy) is 1. The molecular weight excluding hydrogens is 354 g/mol. The van der Waals surface area contributed by atoms with Gasteiger partial charge in [-0.1, -0.05) is 24.3 Å². The summed E-state index contributed by atoms with van der Waals surface area (Å²) in [5.41, 5.74) is 1.12. The molecule has 0 spiro atoms. The summed E-state index contributed by atoms with van der Waals surface area (Å²) in [6, 6.07) is 12.9. The van der Waals surface area contributed by atoms with Crippen LogP contribution >= 0.6 is 0 Å². The van der Waals surface area contributed by atoms with Gasteiger partial charge in [-0.25, -0.2) is 4.98 Å². The molecule has 1 amide bonds. The van der Waals surface area contributed by atoms with E-state index in [0.29, 0.717) is 17.0 Å². The average molecular weight is 369 g/mol. The van der Waals surface area contributed by atoms with E-state index < -0.39 is 23.4 Å². The third-order valence-corrected chi connectivity index (χ3v) is 3.62. The summed E-state index contributed by atoms with van der Waals surface area (Å²) in [4.78, 5) is 38.2. The summed E-state index contributed by atoms with van der Waals surface area (Å²) in [6.07, 6.45) is 0.227. The number of nitrogens with zero attached hydrogens (tertiary/aromatic N) is 2. The normalized spacial score (nSPS) is 10.5. The molecule has 0 saturated heterocycles. The van der Waals surface area contributed by atoms with Crippen molar-refractivity contribution in [2.24, 2.45) is 0 Å². The average Bonchev–Trinajstić information content (AvgIpc) is 3.08. The lowest BCUT2D eigenvalue weighted by Crippen LogP contribution is -2.21. The van der Waals surface area contributed by atoms with Crippen molar-refractivity contribution in [2.45, 2.75) is 12.8 Å². The zero-order valence-corrected chi connectivity index (χ0v) is 14.1. The molecule has 0 unspecified atom stereocenters. The van der Waals surface area contributed by atoms with Crippen molar-refractivity contribution in [3.63, 3.8) is 0 Å². The van der Waals surface area contributed by atoms with Gasteiger partial charge in [0.15, 0.2) is 18.1 Å². The maximum Gasteiger partial charge on any atom is 0.306 e. The summed E-state index contributed by atoms with van der Waals surface area (Å²) >= 11 is 0. The van der Waals surface area contributed by atoms with E-state index in [1.165, 1.54) is 18.2 Å². The number of carbonyl (C=O) groups excluding carboxylic acids is 2. The van der Waals surface area contributed by atoms with Gasteiger partial charge in [-0.15, -0.1) is 0 Å². The Balaban J connectivity index is 1.47. The highest BCUT2D eigenvalue weighted by atomic mass is 16.6. The molecule has 27 heavy (non-hydrogen) atoms. The Morgan fingerprint density at radius 2 is 1.89 bits per heavy atom. The number of nitro groups is 1. The molecule has 9 nitrogen and oxygen atoms in total. The lowest BCUT2D eigenvalue weighted by atomic mass is 10.2.